The molecule has 2 rings (SSSR count). The molecule has 1 fully saturated rings. The van der Waals surface area contributed by atoms with Gasteiger partial charge in [0.25, 0.3) is 0 Å². The van der Waals surface area contributed by atoms with Gasteiger partial charge in [-0.2, -0.15) is 57.1 Å². The van der Waals surface area contributed by atoms with Crippen LogP contribution in [-0.2, 0) is 11.2 Å². The first-order valence-electron chi connectivity index (χ1n) is 9.16. The molecule has 194 valence electrons. The van der Waals surface area contributed by atoms with E-state index in [1.807, 2.05) is 0 Å². The summed E-state index contributed by atoms with van der Waals surface area (Å²) in [7, 11) is 0. The summed E-state index contributed by atoms with van der Waals surface area (Å²) in [6.45, 7) is 0. The first kappa shape index (κ1) is 27.8. The highest BCUT2D eigenvalue weighted by atomic mass is 19.4. The summed E-state index contributed by atoms with van der Waals surface area (Å²) < 4.78 is 176. The molecule has 0 aliphatic carbocycles. The number of alkyl halides is 13. The second kappa shape index (κ2) is 8.66. The smallest absolute Gasteiger partial charge is 0.444 e. The van der Waals surface area contributed by atoms with Crippen molar-refractivity contribution in [1.29, 1.82) is 0 Å². The van der Waals surface area contributed by atoms with E-state index in [2.05, 4.69) is 10.1 Å². The number of benzene rings is 1. The van der Waals surface area contributed by atoms with E-state index < -0.39 is 66.9 Å². The van der Waals surface area contributed by atoms with Crippen molar-refractivity contribution in [1.82, 2.24) is 5.32 Å². The molecule has 1 aromatic rings. The first-order chi connectivity index (χ1) is 15.2. The maximum absolute atomic E-state index is 14.0. The minimum Gasteiger partial charge on any atom is -0.444 e. The van der Waals surface area contributed by atoms with Gasteiger partial charge in [-0.15, -0.1) is 0 Å². The topological polar surface area (TPSA) is 38.3 Å². The fraction of sp³-hybridized carbons (Fsp3) is 0.611. The Bertz CT molecular complexity index is 870. The van der Waals surface area contributed by atoms with Crippen LogP contribution < -0.4 is 5.32 Å². The zero-order chi connectivity index (χ0) is 26.4. The Balaban J connectivity index is 2.24. The standard InChI is InChI=1S/C18H14F13NO2/c19-13(20,14(21,22)15(23,24)16(25,26)17(27,28)18(29,30)31)7-6-11-10(32-12(33)34-11)8-9-4-2-1-3-5-9/h1-5,10-11H,6-8H2,(H,32,33)/t10-,11?/m1/s1. The number of ether oxygens (including phenoxy) is 1. The molecule has 1 N–H and O–H groups in total. The van der Waals surface area contributed by atoms with Gasteiger partial charge in [-0.3, -0.25) is 0 Å². The molecule has 0 radical (unpaired) electrons. The van der Waals surface area contributed by atoms with E-state index >= 15 is 0 Å². The highest BCUT2D eigenvalue weighted by Crippen LogP contribution is 2.60. The Morgan fingerprint density at radius 3 is 1.74 bits per heavy atom. The van der Waals surface area contributed by atoms with Crippen molar-refractivity contribution >= 4 is 6.09 Å². The Hall–Kier alpha value is -2.42. The van der Waals surface area contributed by atoms with Gasteiger partial charge in [-0.05, 0) is 18.4 Å². The molecule has 0 saturated carbocycles. The summed E-state index contributed by atoms with van der Waals surface area (Å²) in [4.78, 5) is 11.4. The Labute approximate surface area is 182 Å². The number of cyclic esters (lactones) is 1. The Kier molecular flexibility index (Phi) is 7.09. The Morgan fingerprint density at radius 1 is 0.735 bits per heavy atom. The molecule has 34 heavy (non-hydrogen) atoms. The molecule has 1 unspecified atom stereocenters. The summed E-state index contributed by atoms with van der Waals surface area (Å²) in [6.07, 6.45) is -14.2. The van der Waals surface area contributed by atoms with Crippen molar-refractivity contribution in [3.63, 3.8) is 0 Å². The van der Waals surface area contributed by atoms with E-state index in [-0.39, 0.29) is 6.42 Å². The number of halogens is 13. The van der Waals surface area contributed by atoms with Crippen molar-refractivity contribution in [2.24, 2.45) is 0 Å². The minimum atomic E-state index is -7.94. The van der Waals surface area contributed by atoms with E-state index in [1.165, 1.54) is 24.3 Å². The molecule has 0 spiro atoms. The molecule has 1 aromatic carbocycles. The molecule has 1 saturated heterocycles. The SMILES string of the molecule is O=C1N[C@H](Cc2ccccc2)C(CCC(F)(F)C(F)(F)C(F)(F)C(F)(F)C(F)(F)C(F)(F)F)O1. The lowest BCUT2D eigenvalue weighted by Gasteiger charge is -2.40. The third-order valence-electron chi connectivity index (χ3n) is 5.05. The van der Waals surface area contributed by atoms with Gasteiger partial charge < -0.3 is 10.1 Å². The number of hydrogen-bond donors (Lipinski definition) is 1. The number of carbonyl (C=O) groups is 1. The molecule has 1 heterocycles. The lowest BCUT2D eigenvalue weighted by Crippen LogP contribution is -2.70. The van der Waals surface area contributed by atoms with Crippen LogP contribution in [0.15, 0.2) is 30.3 Å². The fourth-order valence-electron chi connectivity index (χ4n) is 3.09. The summed E-state index contributed by atoms with van der Waals surface area (Å²) in [5.41, 5.74) is 0.487. The van der Waals surface area contributed by atoms with Crippen LogP contribution in [0.4, 0.5) is 61.9 Å². The maximum atomic E-state index is 14.0. The molecule has 1 amide bonds. The molecular weight excluding hydrogens is 509 g/mol. The number of carbonyl (C=O) groups excluding carboxylic acids is 1. The third-order valence-corrected chi connectivity index (χ3v) is 5.05. The van der Waals surface area contributed by atoms with Crippen molar-refractivity contribution in [2.45, 2.75) is 67.2 Å². The van der Waals surface area contributed by atoms with Gasteiger partial charge in [-0.25, -0.2) is 4.79 Å². The summed E-state index contributed by atoms with van der Waals surface area (Å²) in [6, 6.07) is 6.52. The van der Waals surface area contributed by atoms with Gasteiger partial charge in [0.2, 0.25) is 0 Å². The summed E-state index contributed by atoms with van der Waals surface area (Å²) in [5, 5.41) is 2.13. The number of nitrogens with one attached hydrogen (secondary N) is 1. The lowest BCUT2D eigenvalue weighted by molar-refractivity contribution is -0.440. The maximum Gasteiger partial charge on any atom is 0.460 e. The van der Waals surface area contributed by atoms with Crippen LogP contribution in [0.1, 0.15) is 18.4 Å². The van der Waals surface area contributed by atoms with Crippen LogP contribution in [0.3, 0.4) is 0 Å². The van der Waals surface area contributed by atoms with Crippen molar-refractivity contribution < 1.29 is 66.6 Å². The van der Waals surface area contributed by atoms with Crippen LogP contribution in [-0.4, -0.2) is 54.0 Å². The fourth-order valence-corrected chi connectivity index (χ4v) is 3.09. The summed E-state index contributed by atoms with van der Waals surface area (Å²) in [5.74, 6) is -37.1. The van der Waals surface area contributed by atoms with Crippen LogP contribution in [0.5, 0.6) is 0 Å². The second-order valence-electron chi connectivity index (χ2n) is 7.42. The third kappa shape index (κ3) is 4.59. The number of rotatable bonds is 9. The molecular formula is C18H14F13NO2. The van der Waals surface area contributed by atoms with Gasteiger partial charge in [-0.1, -0.05) is 30.3 Å². The molecule has 1 aliphatic rings. The lowest BCUT2D eigenvalue weighted by atomic mass is 9.90. The highest BCUT2D eigenvalue weighted by Gasteiger charge is 2.90. The van der Waals surface area contributed by atoms with Gasteiger partial charge in [0, 0.05) is 6.42 Å². The highest BCUT2D eigenvalue weighted by molar-refractivity contribution is 5.70. The van der Waals surface area contributed by atoms with Gasteiger partial charge in [0.05, 0.1) is 6.04 Å². The van der Waals surface area contributed by atoms with E-state index in [0.29, 0.717) is 5.56 Å². The molecule has 16 heteroatoms. The van der Waals surface area contributed by atoms with Gasteiger partial charge in [0.15, 0.2) is 0 Å². The summed E-state index contributed by atoms with van der Waals surface area (Å²) >= 11 is 0. The molecule has 0 bridgehead atoms. The van der Waals surface area contributed by atoms with E-state index in [1.54, 1.807) is 6.07 Å². The average Bonchev–Trinajstić information content (AvgIpc) is 3.04. The first-order valence-corrected chi connectivity index (χ1v) is 9.16. The van der Waals surface area contributed by atoms with Crippen LogP contribution in [0.2, 0.25) is 0 Å². The van der Waals surface area contributed by atoms with E-state index in [4.69, 9.17) is 0 Å². The van der Waals surface area contributed by atoms with Crippen molar-refractivity contribution in [2.75, 3.05) is 0 Å². The predicted molar refractivity (Wildman–Crippen MR) is 87.4 cm³/mol. The number of alkyl carbamates (subject to hydrolysis) is 1. The molecule has 0 aromatic heterocycles. The predicted octanol–water partition coefficient (Wildman–Crippen LogP) is 6.23. The molecule has 1 aliphatic heterocycles. The minimum absolute atomic E-state index is 0.120. The van der Waals surface area contributed by atoms with E-state index in [9.17, 15) is 61.9 Å². The molecule has 3 nitrogen and oxygen atoms in total. The van der Waals surface area contributed by atoms with Crippen LogP contribution in [0.25, 0.3) is 0 Å². The second-order valence-corrected chi connectivity index (χ2v) is 7.42. The molecule has 2 atom stereocenters. The van der Waals surface area contributed by atoms with Gasteiger partial charge in [0.1, 0.15) is 6.10 Å². The monoisotopic (exact) mass is 523 g/mol. The van der Waals surface area contributed by atoms with Gasteiger partial charge >= 0.3 is 41.9 Å². The van der Waals surface area contributed by atoms with Crippen molar-refractivity contribution in [3.8, 4) is 0 Å². The zero-order valence-electron chi connectivity index (χ0n) is 16.4. The van der Waals surface area contributed by atoms with Crippen molar-refractivity contribution in [3.05, 3.63) is 35.9 Å². The largest absolute Gasteiger partial charge is 0.460 e. The number of amides is 1. The van der Waals surface area contributed by atoms with Crippen LogP contribution >= 0.6 is 0 Å². The van der Waals surface area contributed by atoms with E-state index in [0.717, 1.165) is 0 Å². The quantitative estimate of drug-likeness (QED) is 0.390. The zero-order valence-corrected chi connectivity index (χ0v) is 16.4. The normalized spacial score (nSPS) is 20.8. The Morgan fingerprint density at radius 2 is 1.24 bits per heavy atom. The average molecular weight is 523 g/mol. The van der Waals surface area contributed by atoms with Crippen LogP contribution in [0, 0.1) is 0 Å². The number of hydrogen-bond acceptors (Lipinski definition) is 2.